The van der Waals surface area contributed by atoms with Gasteiger partial charge in [0, 0.05) is 19.2 Å². The topological polar surface area (TPSA) is 41.5 Å². The van der Waals surface area contributed by atoms with Crippen LogP contribution in [0.4, 0.5) is 0 Å². The average molecular weight is 187 g/mol. The highest BCUT2D eigenvalue weighted by atomic mass is 16.5. The number of ether oxygens (including phenoxy) is 1. The Bertz CT molecular complexity index is 147. The number of hydrogen-bond acceptors (Lipinski definition) is 3. The normalized spacial score (nSPS) is 26.3. The Labute approximate surface area is 80.5 Å². The fourth-order valence-electron chi connectivity index (χ4n) is 1.36. The predicted octanol–water partition coefficient (Wildman–Crippen LogP) is 0.914. The van der Waals surface area contributed by atoms with Gasteiger partial charge in [0.1, 0.15) is 0 Å². The van der Waals surface area contributed by atoms with Crippen molar-refractivity contribution in [2.45, 2.75) is 51.4 Å². The maximum absolute atomic E-state index is 9.66. The highest BCUT2D eigenvalue weighted by Crippen LogP contribution is 2.12. The third-order valence-electron chi connectivity index (χ3n) is 2.74. The van der Waals surface area contributed by atoms with Crippen LogP contribution < -0.4 is 5.32 Å². The zero-order valence-corrected chi connectivity index (χ0v) is 8.84. The summed E-state index contributed by atoms with van der Waals surface area (Å²) in [4.78, 5) is 0. The molecule has 0 aromatic rings. The molecular weight excluding hydrogens is 166 g/mol. The molecule has 0 spiro atoms. The van der Waals surface area contributed by atoms with E-state index in [4.69, 9.17) is 4.74 Å². The summed E-state index contributed by atoms with van der Waals surface area (Å²) in [5, 5.41) is 12.9. The monoisotopic (exact) mass is 187 g/mol. The lowest BCUT2D eigenvalue weighted by molar-refractivity contribution is 0.0354. The molecule has 3 nitrogen and oxygen atoms in total. The average Bonchev–Trinajstić information content (AvgIpc) is 2.50. The van der Waals surface area contributed by atoms with Crippen LogP contribution >= 0.6 is 0 Å². The van der Waals surface area contributed by atoms with Crippen molar-refractivity contribution in [3.05, 3.63) is 0 Å². The molecule has 13 heavy (non-hydrogen) atoms. The fraction of sp³-hybridized carbons (Fsp3) is 1.00. The smallest absolute Gasteiger partial charge is 0.0741 e. The maximum atomic E-state index is 9.66. The third-order valence-corrected chi connectivity index (χ3v) is 2.74. The van der Waals surface area contributed by atoms with Gasteiger partial charge in [-0.3, -0.25) is 0 Å². The predicted molar refractivity (Wildman–Crippen MR) is 52.7 cm³/mol. The van der Waals surface area contributed by atoms with Crippen LogP contribution in [0.5, 0.6) is 0 Å². The first-order valence-electron chi connectivity index (χ1n) is 5.07. The van der Waals surface area contributed by atoms with Gasteiger partial charge in [-0.2, -0.15) is 0 Å². The number of nitrogens with one attached hydrogen (secondary N) is 1. The molecule has 1 aliphatic heterocycles. The van der Waals surface area contributed by atoms with Crippen LogP contribution in [0.25, 0.3) is 0 Å². The second-order valence-electron chi connectivity index (χ2n) is 4.42. The van der Waals surface area contributed by atoms with Crippen LogP contribution in [0.15, 0.2) is 0 Å². The van der Waals surface area contributed by atoms with Crippen molar-refractivity contribution in [1.82, 2.24) is 5.32 Å². The minimum Gasteiger partial charge on any atom is -0.389 e. The van der Waals surface area contributed by atoms with E-state index in [9.17, 15) is 5.11 Å². The van der Waals surface area contributed by atoms with E-state index in [1.807, 2.05) is 20.8 Å². The lowest BCUT2D eigenvalue weighted by Crippen LogP contribution is -2.46. The SMILES string of the molecule is CC(NCC1CCCO1)C(C)(C)O. The molecule has 2 unspecified atom stereocenters. The van der Waals surface area contributed by atoms with Crippen molar-refractivity contribution in [2.24, 2.45) is 0 Å². The highest BCUT2D eigenvalue weighted by molar-refractivity contribution is 4.81. The minimum absolute atomic E-state index is 0.108. The van der Waals surface area contributed by atoms with E-state index in [-0.39, 0.29) is 6.04 Å². The van der Waals surface area contributed by atoms with E-state index >= 15 is 0 Å². The van der Waals surface area contributed by atoms with Gasteiger partial charge in [0.05, 0.1) is 11.7 Å². The summed E-state index contributed by atoms with van der Waals surface area (Å²) in [6.07, 6.45) is 2.67. The molecule has 0 aliphatic carbocycles. The van der Waals surface area contributed by atoms with E-state index in [2.05, 4.69) is 5.32 Å². The summed E-state index contributed by atoms with van der Waals surface area (Å²) in [6.45, 7) is 7.38. The largest absolute Gasteiger partial charge is 0.389 e. The molecule has 0 aromatic carbocycles. The molecule has 0 amide bonds. The van der Waals surface area contributed by atoms with Gasteiger partial charge in [-0.15, -0.1) is 0 Å². The van der Waals surface area contributed by atoms with Gasteiger partial charge in [-0.25, -0.2) is 0 Å². The van der Waals surface area contributed by atoms with Gasteiger partial charge in [0.15, 0.2) is 0 Å². The van der Waals surface area contributed by atoms with E-state index in [1.54, 1.807) is 0 Å². The van der Waals surface area contributed by atoms with Crippen molar-refractivity contribution >= 4 is 0 Å². The first-order valence-corrected chi connectivity index (χ1v) is 5.07. The summed E-state index contributed by atoms with van der Waals surface area (Å²) < 4.78 is 5.47. The van der Waals surface area contributed by atoms with E-state index in [1.165, 1.54) is 6.42 Å². The maximum Gasteiger partial charge on any atom is 0.0741 e. The van der Waals surface area contributed by atoms with Crippen molar-refractivity contribution in [2.75, 3.05) is 13.2 Å². The van der Waals surface area contributed by atoms with Gasteiger partial charge in [0.25, 0.3) is 0 Å². The van der Waals surface area contributed by atoms with Crippen molar-refractivity contribution < 1.29 is 9.84 Å². The molecule has 1 saturated heterocycles. The molecule has 1 rings (SSSR count). The quantitative estimate of drug-likeness (QED) is 0.687. The first kappa shape index (κ1) is 11.0. The lowest BCUT2D eigenvalue weighted by atomic mass is 10.0. The summed E-state index contributed by atoms with van der Waals surface area (Å²) in [5.41, 5.74) is -0.654. The van der Waals surface area contributed by atoms with Crippen molar-refractivity contribution in [3.63, 3.8) is 0 Å². The standard InChI is InChI=1S/C10H21NO2/c1-8(10(2,3)12)11-7-9-5-4-6-13-9/h8-9,11-12H,4-7H2,1-3H3. The first-order chi connectivity index (χ1) is 6.00. The van der Waals surface area contributed by atoms with Gasteiger partial charge in [0.2, 0.25) is 0 Å². The Morgan fingerprint density at radius 1 is 1.62 bits per heavy atom. The zero-order chi connectivity index (χ0) is 9.90. The molecular formula is C10H21NO2. The highest BCUT2D eigenvalue weighted by Gasteiger charge is 2.23. The lowest BCUT2D eigenvalue weighted by Gasteiger charge is -2.27. The van der Waals surface area contributed by atoms with Crippen LogP contribution in [0.2, 0.25) is 0 Å². The van der Waals surface area contributed by atoms with E-state index < -0.39 is 5.60 Å². The van der Waals surface area contributed by atoms with Crippen LogP contribution in [0, 0.1) is 0 Å². The second kappa shape index (κ2) is 4.40. The molecule has 0 aromatic heterocycles. The Hall–Kier alpha value is -0.120. The molecule has 1 aliphatic rings. The van der Waals surface area contributed by atoms with Gasteiger partial charge < -0.3 is 15.2 Å². The summed E-state index contributed by atoms with van der Waals surface area (Å²) in [5.74, 6) is 0. The Balaban J connectivity index is 2.17. The molecule has 78 valence electrons. The Morgan fingerprint density at radius 3 is 2.77 bits per heavy atom. The molecule has 0 bridgehead atoms. The summed E-state index contributed by atoms with van der Waals surface area (Å²) in [7, 11) is 0. The summed E-state index contributed by atoms with van der Waals surface area (Å²) >= 11 is 0. The Kier molecular flexibility index (Phi) is 3.71. The molecule has 1 fully saturated rings. The molecule has 0 radical (unpaired) electrons. The number of hydrogen-bond donors (Lipinski definition) is 2. The molecule has 3 heteroatoms. The van der Waals surface area contributed by atoms with E-state index in [0.29, 0.717) is 6.10 Å². The van der Waals surface area contributed by atoms with Gasteiger partial charge in [-0.05, 0) is 33.6 Å². The molecule has 0 saturated carbocycles. The second-order valence-corrected chi connectivity index (χ2v) is 4.42. The fourth-order valence-corrected chi connectivity index (χ4v) is 1.36. The molecule has 2 atom stereocenters. The number of rotatable bonds is 4. The van der Waals surface area contributed by atoms with Gasteiger partial charge >= 0.3 is 0 Å². The minimum atomic E-state index is -0.654. The van der Waals surface area contributed by atoms with Gasteiger partial charge in [-0.1, -0.05) is 0 Å². The third kappa shape index (κ3) is 3.63. The van der Waals surface area contributed by atoms with Crippen LogP contribution in [0.3, 0.4) is 0 Å². The van der Waals surface area contributed by atoms with Crippen molar-refractivity contribution in [3.8, 4) is 0 Å². The van der Waals surface area contributed by atoms with Crippen molar-refractivity contribution in [1.29, 1.82) is 0 Å². The van der Waals surface area contributed by atoms with Crippen LogP contribution in [0.1, 0.15) is 33.6 Å². The van der Waals surface area contributed by atoms with Crippen LogP contribution in [-0.2, 0) is 4.74 Å². The van der Waals surface area contributed by atoms with Crippen LogP contribution in [-0.4, -0.2) is 36.0 Å². The Morgan fingerprint density at radius 2 is 2.31 bits per heavy atom. The molecule has 1 heterocycles. The van der Waals surface area contributed by atoms with E-state index in [0.717, 1.165) is 19.6 Å². The number of aliphatic hydroxyl groups is 1. The zero-order valence-electron chi connectivity index (χ0n) is 8.84. The summed E-state index contributed by atoms with van der Waals surface area (Å²) in [6, 6.07) is 0.108. The molecule has 2 N–H and O–H groups in total.